The van der Waals surface area contributed by atoms with Gasteiger partial charge in [0.15, 0.2) is 11.2 Å². The molecule has 180 valence electrons. The van der Waals surface area contributed by atoms with Gasteiger partial charge in [0.1, 0.15) is 11.3 Å². The first-order valence-electron chi connectivity index (χ1n) is 11.6. The van der Waals surface area contributed by atoms with Crippen LogP contribution in [0.1, 0.15) is 28.8 Å². The largest absolute Gasteiger partial charge is 0.494 e. The van der Waals surface area contributed by atoms with Gasteiger partial charge in [0, 0.05) is 23.4 Å². The fourth-order valence-corrected chi connectivity index (χ4v) is 3.78. The van der Waals surface area contributed by atoms with Crippen molar-refractivity contribution in [3.05, 3.63) is 100 Å². The molecule has 0 aliphatic rings. The Hall–Kier alpha value is -4.79. The number of rotatable bonds is 9. The highest BCUT2D eigenvalue weighted by molar-refractivity contribution is 6.05. The summed E-state index contributed by atoms with van der Waals surface area (Å²) < 4.78 is 11.6. The molecule has 0 unspecified atom stereocenters. The summed E-state index contributed by atoms with van der Waals surface area (Å²) in [5, 5.41) is 16.5. The molecular formula is C27H23N5O4. The number of aryl methyl sites for hydroxylation is 1. The second kappa shape index (κ2) is 10.6. The number of tetrazole rings is 1. The average molecular weight is 482 g/mol. The number of hydrogen-bond donors (Lipinski definition) is 2. The van der Waals surface area contributed by atoms with Gasteiger partial charge in [-0.3, -0.25) is 9.59 Å². The van der Waals surface area contributed by atoms with Gasteiger partial charge in [-0.15, -0.1) is 5.10 Å². The molecule has 0 saturated carbocycles. The molecule has 5 rings (SSSR count). The van der Waals surface area contributed by atoms with Crippen molar-refractivity contribution in [1.29, 1.82) is 0 Å². The van der Waals surface area contributed by atoms with Crippen LogP contribution in [0.25, 0.3) is 22.6 Å². The number of benzene rings is 3. The van der Waals surface area contributed by atoms with Crippen LogP contribution >= 0.6 is 0 Å². The van der Waals surface area contributed by atoms with E-state index in [-0.39, 0.29) is 22.9 Å². The number of carbonyl (C=O) groups excluding carboxylic acids is 1. The Balaban J connectivity index is 1.18. The van der Waals surface area contributed by atoms with E-state index in [4.69, 9.17) is 9.15 Å². The maximum Gasteiger partial charge on any atom is 0.255 e. The second-order valence-corrected chi connectivity index (χ2v) is 8.21. The van der Waals surface area contributed by atoms with E-state index in [0.29, 0.717) is 34.6 Å². The fourth-order valence-electron chi connectivity index (χ4n) is 3.78. The average Bonchev–Trinajstić information content (AvgIpc) is 3.44. The number of fused-ring (bicyclic) bond motifs is 1. The van der Waals surface area contributed by atoms with Crippen molar-refractivity contribution >= 4 is 22.6 Å². The fraction of sp³-hybridized carbons (Fsp3) is 0.148. The Kier molecular flexibility index (Phi) is 6.79. The highest BCUT2D eigenvalue weighted by Gasteiger charge is 2.12. The van der Waals surface area contributed by atoms with E-state index in [2.05, 4.69) is 50.2 Å². The van der Waals surface area contributed by atoms with Crippen LogP contribution < -0.4 is 15.5 Å². The lowest BCUT2D eigenvalue weighted by molar-refractivity contribution is 0.102. The summed E-state index contributed by atoms with van der Waals surface area (Å²) in [6.07, 6.45) is 3.02. The highest BCUT2D eigenvalue weighted by Crippen LogP contribution is 2.22. The monoisotopic (exact) mass is 481 g/mol. The molecule has 0 fully saturated rings. The van der Waals surface area contributed by atoms with E-state index in [1.165, 1.54) is 11.6 Å². The minimum absolute atomic E-state index is 0.205. The predicted octanol–water partition coefficient (Wildman–Crippen LogP) is 4.63. The number of hydrogen-bond acceptors (Lipinski definition) is 7. The molecule has 1 amide bonds. The minimum atomic E-state index is -0.290. The maximum atomic E-state index is 12.7. The topological polar surface area (TPSA) is 123 Å². The zero-order valence-corrected chi connectivity index (χ0v) is 19.3. The number of ether oxygens (including phenoxy) is 1. The molecule has 2 aromatic heterocycles. The molecule has 0 bridgehead atoms. The normalized spacial score (nSPS) is 10.9. The van der Waals surface area contributed by atoms with E-state index < -0.39 is 0 Å². The van der Waals surface area contributed by atoms with E-state index in [1.54, 1.807) is 42.5 Å². The third kappa shape index (κ3) is 5.47. The van der Waals surface area contributed by atoms with Gasteiger partial charge in [-0.1, -0.05) is 30.3 Å². The van der Waals surface area contributed by atoms with E-state index in [9.17, 15) is 9.59 Å². The maximum absolute atomic E-state index is 12.7. The van der Waals surface area contributed by atoms with Crippen LogP contribution in [0.15, 0.2) is 88.1 Å². The van der Waals surface area contributed by atoms with Crippen LogP contribution in [0.4, 0.5) is 5.69 Å². The number of carbonyl (C=O) groups is 1. The van der Waals surface area contributed by atoms with Crippen LogP contribution in [0.3, 0.4) is 0 Å². The molecule has 2 heterocycles. The summed E-state index contributed by atoms with van der Waals surface area (Å²) in [7, 11) is 0. The first kappa shape index (κ1) is 23.0. The SMILES string of the molecule is O=C(Nc1ccc2c(=O)cc(-c3nnn[nH]3)oc2c1)c1ccc(OCCCCc2ccccc2)cc1. The number of amides is 1. The minimum Gasteiger partial charge on any atom is -0.494 e. The Labute approximate surface area is 206 Å². The Morgan fingerprint density at radius 2 is 1.81 bits per heavy atom. The van der Waals surface area contributed by atoms with Gasteiger partial charge in [0.05, 0.1) is 12.0 Å². The summed E-state index contributed by atoms with van der Waals surface area (Å²) in [5.74, 6) is 0.869. The number of unbranched alkanes of at least 4 members (excludes halogenated alkanes) is 1. The van der Waals surface area contributed by atoms with Crippen LogP contribution in [0, 0.1) is 0 Å². The first-order chi connectivity index (χ1) is 17.7. The van der Waals surface area contributed by atoms with Gasteiger partial charge in [0.2, 0.25) is 5.82 Å². The molecule has 0 saturated heterocycles. The molecule has 2 N–H and O–H groups in total. The smallest absolute Gasteiger partial charge is 0.255 e. The lowest BCUT2D eigenvalue weighted by Crippen LogP contribution is -2.12. The van der Waals surface area contributed by atoms with E-state index in [0.717, 1.165) is 19.3 Å². The number of aromatic amines is 1. The van der Waals surface area contributed by atoms with Crippen LogP contribution in [0.5, 0.6) is 5.75 Å². The van der Waals surface area contributed by atoms with Gasteiger partial charge in [-0.25, -0.2) is 5.10 Å². The molecule has 3 aromatic carbocycles. The van der Waals surface area contributed by atoms with Crippen molar-refractivity contribution in [3.63, 3.8) is 0 Å². The van der Waals surface area contributed by atoms with Gasteiger partial charge >= 0.3 is 0 Å². The Bertz CT molecular complexity index is 1510. The first-order valence-corrected chi connectivity index (χ1v) is 11.6. The van der Waals surface area contributed by atoms with Crippen LogP contribution in [0.2, 0.25) is 0 Å². The lowest BCUT2D eigenvalue weighted by atomic mass is 10.1. The third-order valence-corrected chi connectivity index (χ3v) is 5.65. The van der Waals surface area contributed by atoms with Crippen molar-refractivity contribution in [2.24, 2.45) is 0 Å². The van der Waals surface area contributed by atoms with E-state index in [1.807, 2.05) is 6.07 Å². The molecule has 0 spiro atoms. The van der Waals surface area contributed by atoms with Crippen molar-refractivity contribution < 1.29 is 13.9 Å². The Morgan fingerprint density at radius 3 is 2.58 bits per heavy atom. The summed E-state index contributed by atoms with van der Waals surface area (Å²) in [4.78, 5) is 25.2. The summed E-state index contributed by atoms with van der Waals surface area (Å²) in [6.45, 7) is 0.618. The lowest BCUT2D eigenvalue weighted by Gasteiger charge is -2.09. The summed E-state index contributed by atoms with van der Waals surface area (Å²) in [6, 6.07) is 23.5. The molecule has 0 atom stereocenters. The number of nitrogens with zero attached hydrogens (tertiary/aromatic N) is 3. The number of nitrogens with one attached hydrogen (secondary N) is 2. The van der Waals surface area contributed by atoms with Gasteiger partial charge in [-0.05, 0) is 71.7 Å². The van der Waals surface area contributed by atoms with Crippen molar-refractivity contribution in [2.75, 3.05) is 11.9 Å². The van der Waals surface area contributed by atoms with Crippen LogP contribution in [-0.4, -0.2) is 33.1 Å². The zero-order valence-electron chi connectivity index (χ0n) is 19.3. The zero-order chi connectivity index (χ0) is 24.7. The number of H-pyrrole nitrogens is 1. The number of anilines is 1. The highest BCUT2D eigenvalue weighted by atomic mass is 16.5. The van der Waals surface area contributed by atoms with Gasteiger partial charge < -0.3 is 14.5 Å². The second-order valence-electron chi connectivity index (χ2n) is 8.21. The molecule has 0 radical (unpaired) electrons. The quantitative estimate of drug-likeness (QED) is 0.294. The molecule has 0 aliphatic carbocycles. The summed E-state index contributed by atoms with van der Waals surface area (Å²) in [5.41, 5.74) is 2.37. The van der Waals surface area contributed by atoms with Gasteiger partial charge in [-0.2, -0.15) is 0 Å². The molecular weight excluding hydrogens is 458 g/mol. The van der Waals surface area contributed by atoms with Gasteiger partial charge in [0.25, 0.3) is 5.91 Å². The predicted molar refractivity (Wildman–Crippen MR) is 135 cm³/mol. The molecule has 5 aromatic rings. The molecule has 36 heavy (non-hydrogen) atoms. The van der Waals surface area contributed by atoms with Crippen molar-refractivity contribution in [2.45, 2.75) is 19.3 Å². The molecule has 9 nitrogen and oxygen atoms in total. The molecule has 0 aliphatic heterocycles. The van der Waals surface area contributed by atoms with Crippen molar-refractivity contribution in [3.8, 4) is 17.3 Å². The number of aromatic nitrogens is 4. The standard InChI is InChI=1S/C27H23N5O4/c33-23-17-25(26-29-31-32-30-26)36-24-16-20(11-14-22(23)24)28-27(34)19-9-12-21(13-10-19)35-15-5-4-8-18-6-2-1-3-7-18/h1-3,6-7,9-14,16-17H,4-5,8,15H2,(H,28,34)(H,29,30,31,32). The summed E-state index contributed by atoms with van der Waals surface area (Å²) >= 11 is 0. The van der Waals surface area contributed by atoms with E-state index >= 15 is 0 Å². The third-order valence-electron chi connectivity index (χ3n) is 5.65. The van der Waals surface area contributed by atoms with Crippen molar-refractivity contribution in [1.82, 2.24) is 20.6 Å². The molecule has 9 heteroatoms. The van der Waals surface area contributed by atoms with Crippen LogP contribution in [-0.2, 0) is 6.42 Å². The Morgan fingerprint density at radius 1 is 0.972 bits per heavy atom.